The van der Waals surface area contributed by atoms with Gasteiger partial charge >= 0.3 is 12.2 Å². The van der Waals surface area contributed by atoms with Gasteiger partial charge in [0.2, 0.25) is 11.9 Å². The van der Waals surface area contributed by atoms with Gasteiger partial charge in [-0.15, -0.1) is 0 Å². The minimum atomic E-state index is -4.53. The number of aromatic nitrogens is 3. The zero-order valence-corrected chi connectivity index (χ0v) is 15.1. The maximum absolute atomic E-state index is 12.4. The predicted molar refractivity (Wildman–Crippen MR) is 94.9 cm³/mol. The Labute approximate surface area is 159 Å². The standard InChI is InChI=1S/C16H21F3N6O3/c1-2-3-4-9-20-13-22-14(24-15(23-13)28-10-16(17,18)19)21-11-5-7-12(8-6-11)25(26)27/h5-8,25-26H,2-4,9-10H2,1H3,(H2,20,21,22,23,24). The Balaban J connectivity index is 2.15. The van der Waals surface area contributed by atoms with Crippen molar-refractivity contribution in [1.82, 2.24) is 15.0 Å². The highest BCUT2D eigenvalue weighted by Gasteiger charge is 2.29. The number of rotatable bonds is 10. The number of alkyl halides is 3. The number of halogens is 3. The Hall–Kier alpha value is -2.70. The van der Waals surface area contributed by atoms with E-state index in [1.165, 1.54) is 24.3 Å². The van der Waals surface area contributed by atoms with E-state index in [1.54, 1.807) is 0 Å². The lowest BCUT2D eigenvalue weighted by Crippen LogP contribution is -2.99. The van der Waals surface area contributed by atoms with Crippen molar-refractivity contribution in [2.75, 3.05) is 23.8 Å². The highest BCUT2D eigenvalue weighted by atomic mass is 19.4. The van der Waals surface area contributed by atoms with Crippen LogP contribution in [0.3, 0.4) is 0 Å². The first-order valence-corrected chi connectivity index (χ1v) is 8.56. The molecule has 0 aliphatic rings. The van der Waals surface area contributed by atoms with Crippen LogP contribution in [-0.4, -0.2) is 39.5 Å². The van der Waals surface area contributed by atoms with E-state index in [9.17, 15) is 18.4 Å². The van der Waals surface area contributed by atoms with Crippen molar-refractivity contribution in [1.29, 1.82) is 0 Å². The first-order valence-electron chi connectivity index (χ1n) is 8.56. The summed E-state index contributed by atoms with van der Waals surface area (Å²) in [4.78, 5) is 11.8. The second kappa shape index (κ2) is 10.0. The molecule has 2 aromatic rings. The molecule has 0 bridgehead atoms. The number of unbranched alkanes of at least 4 members (excludes halogenated alkanes) is 2. The Bertz CT molecular complexity index is 743. The number of hydrogen-bond donors (Lipinski definition) is 4. The number of hydrogen-bond acceptors (Lipinski definition) is 8. The third-order valence-electron chi connectivity index (χ3n) is 3.43. The van der Waals surface area contributed by atoms with Gasteiger partial charge in [0, 0.05) is 24.4 Å². The van der Waals surface area contributed by atoms with E-state index >= 15 is 0 Å². The lowest BCUT2D eigenvalue weighted by atomic mass is 10.2. The van der Waals surface area contributed by atoms with Crippen LogP contribution < -0.4 is 20.6 Å². The average Bonchev–Trinajstić information content (AvgIpc) is 2.63. The SMILES string of the molecule is CCCCCNc1nc(Nc2ccc([NH+]([O-])O)cc2)nc(OCC(F)(F)F)n1. The smallest absolute Gasteiger partial charge is 0.422 e. The van der Waals surface area contributed by atoms with Gasteiger partial charge in [0.15, 0.2) is 12.3 Å². The van der Waals surface area contributed by atoms with Crippen LogP contribution in [0.4, 0.5) is 36.4 Å². The maximum Gasteiger partial charge on any atom is 0.422 e. The largest absolute Gasteiger partial charge is 0.595 e. The highest BCUT2D eigenvalue weighted by Crippen LogP contribution is 2.20. The molecule has 0 aliphatic heterocycles. The summed E-state index contributed by atoms with van der Waals surface area (Å²) in [5.74, 6) is 0.0428. The summed E-state index contributed by atoms with van der Waals surface area (Å²) in [5, 5.41) is 24.4. The fourth-order valence-corrected chi connectivity index (χ4v) is 2.10. The van der Waals surface area contributed by atoms with Crippen molar-refractivity contribution in [3.63, 3.8) is 0 Å². The van der Waals surface area contributed by atoms with Crippen molar-refractivity contribution >= 4 is 23.3 Å². The quantitative estimate of drug-likeness (QED) is 0.354. The second-order valence-corrected chi connectivity index (χ2v) is 5.81. The van der Waals surface area contributed by atoms with Gasteiger partial charge < -0.3 is 20.6 Å². The Morgan fingerprint density at radius 2 is 1.79 bits per heavy atom. The summed E-state index contributed by atoms with van der Waals surface area (Å²) in [6.07, 6.45) is -1.68. The first-order chi connectivity index (χ1) is 13.3. The molecule has 4 N–H and O–H groups in total. The highest BCUT2D eigenvalue weighted by molar-refractivity contribution is 5.56. The molecule has 0 spiro atoms. The van der Waals surface area contributed by atoms with E-state index in [2.05, 4.69) is 30.3 Å². The molecule has 1 aromatic carbocycles. The topological polar surface area (TPSA) is 120 Å². The van der Waals surface area contributed by atoms with Crippen LogP contribution in [0.25, 0.3) is 0 Å². The third-order valence-corrected chi connectivity index (χ3v) is 3.43. The number of quaternary nitrogens is 1. The van der Waals surface area contributed by atoms with Crippen LogP contribution in [0.15, 0.2) is 24.3 Å². The minimum Gasteiger partial charge on any atom is -0.595 e. The monoisotopic (exact) mass is 402 g/mol. The number of nitrogens with one attached hydrogen (secondary N) is 3. The van der Waals surface area contributed by atoms with E-state index in [0.29, 0.717) is 12.2 Å². The second-order valence-electron chi connectivity index (χ2n) is 5.81. The van der Waals surface area contributed by atoms with Gasteiger partial charge in [-0.1, -0.05) is 19.8 Å². The van der Waals surface area contributed by atoms with E-state index in [4.69, 9.17) is 5.21 Å². The Morgan fingerprint density at radius 1 is 1.11 bits per heavy atom. The van der Waals surface area contributed by atoms with Gasteiger partial charge in [-0.25, -0.2) is 5.21 Å². The van der Waals surface area contributed by atoms with Crippen LogP contribution in [0.5, 0.6) is 6.01 Å². The summed E-state index contributed by atoms with van der Waals surface area (Å²) in [5.41, 5.74) is 0.545. The zero-order chi connectivity index (χ0) is 20.6. The lowest BCUT2D eigenvalue weighted by molar-refractivity contribution is -0.991. The van der Waals surface area contributed by atoms with Crippen LogP contribution in [0, 0.1) is 5.21 Å². The van der Waals surface area contributed by atoms with Gasteiger partial charge in [0.05, 0.1) is 0 Å². The molecule has 0 fully saturated rings. The average molecular weight is 402 g/mol. The predicted octanol–water partition coefficient (Wildman–Crippen LogP) is 2.56. The van der Waals surface area contributed by atoms with Crippen molar-refractivity contribution in [3.8, 4) is 6.01 Å². The molecule has 0 saturated heterocycles. The molecule has 1 aromatic heterocycles. The summed E-state index contributed by atoms with van der Waals surface area (Å²) in [7, 11) is 0. The number of benzene rings is 1. The zero-order valence-electron chi connectivity index (χ0n) is 15.1. The number of nitrogens with zero attached hydrogens (tertiary/aromatic N) is 3. The van der Waals surface area contributed by atoms with Crippen LogP contribution in [-0.2, 0) is 0 Å². The van der Waals surface area contributed by atoms with Gasteiger partial charge in [0.25, 0.3) is 0 Å². The molecule has 1 unspecified atom stereocenters. The van der Waals surface area contributed by atoms with Gasteiger partial charge in [-0.2, -0.15) is 33.3 Å². The van der Waals surface area contributed by atoms with Gasteiger partial charge in [-0.3, -0.25) is 0 Å². The molecule has 154 valence electrons. The van der Waals surface area contributed by atoms with Gasteiger partial charge in [-0.05, 0) is 18.6 Å². The number of ether oxygens (including phenoxy) is 1. The van der Waals surface area contributed by atoms with E-state index in [-0.39, 0.29) is 17.6 Å². The Morgan fingerprint density at radius 3 is 2.39 bits per heavy atom. The minimum absolute atomic E-state index is 0.0340. The maximum atomic E-state index is 12.4. The molecule has 0 amide bonds. The molecule has 0 saturated carbocycles. The fraction of sp³-hybridized carbons (Fsp3) is 0.438. The molecule has 1 heterocycles. The summed E-state index contributed by atoms with van der Waals surface area (Å²) < 4.78 is 41.8. The van der Waals surface area contributed by atoms with E-state index < -0.39 is 24.0 Å². The van der Waals surface area contributed by atoms with Crippen LogP contribution >= 0.6 is 0 Å². The summed E-state index contributed by atoms with van der Waals surface area (Å²) in [6, 6.07) is 5.23. The van der Waals surface area contributed by atoms with Crippen molar-refractivity contribution in [3.05, 3.63) is 29.5 Å². The fourth-order valence-electron chi connectivity index (χ4n) is 2.10. The number of anilines is 3. The van der Waals surface area contributed by atoms with E-state index in [1.807, 2.05) is 6.92 Å². The third kappa shape index (κ3) is 7.50. The van der Waals surface area contributed by atoms with Crippen molar-refractivity contribution in [2.24, 2.45) is 0 Å². The van der Waals surface area contributed by atoms with E-state index in [0.717, 1.165) is 19.3 Å². The first kappa shape index (κ1) is 21.6. The molecular weight excluding hydrogens is 381 g/mol. The summed E-state index contributed by atoms with van der Waals surface area (Å²) >= 11 is 0. The molecule has 2 rings (SSSR count). The molecule has 0 radical (unpaired) electrons. The van der Waals surface area contributed by atoms with Crippen LogP contribution in [0.2, 0.25) is 0 Å². The van der Waals surface area contributed by atoms with Crippen LogP contribution in [0.1, 0.15) is 26.2 Å². The van der Waals surface area contributed by atoms with Gasteiger partial charge in [0.1, 0.15) is 0 Å². The van der Waals surface area contributed by atoms with Crippen molar-refractivity contribution in [2.45, 2.75) is 32.4 Å². The molecular formula is C16H21F3N6O3. The van der Waals surface area contributed by atoms with Crippen molar-refractivity contribution < 1.29 is 28.3 Å². The molecule has 1 atom stereocenters. The Kier molecular flexibility index (Phi) is 7.72. The molecule has 28 heavy (non-hydrogen) atoms. The molecule has 0 aliphatic carbocycles. The lowest BCUT2D eigenvalue weighted by Gasteiger charge is -2.13. The normalized spacial score (nSPS) is 12.5. The summed E-state index contributed by atoms with van der Waals surface area (Å²) in [6.45, 7) is 1.06. The molecule has 9 nitrogen and oxygen atoms in total. The molecule has 12 heteroatoms.